The number of nitrogens with zero attached hydrogens (tertiary/aromatic N) is 1. The number of benzene rings is 2. The van der Waals surface area contributed by atoms with Crippen LogP contribution in [-0.2, 0) is 13.0 Å². The molecular formula is C20H26N2O. The van der Waals surface area contributed by atoms with E-state index >= 15 is 0 Å². The Morgan fingerprint density at radius 2 is 1.87 bits per heavy atom. The van der Waals surface area contributed by atoms with Crippen LogP contribution in [0.5, 0.6) is 5.75 Å². The molecule has 2 aromatic rings. The Morgan fingerprint density at radius 3 is 2.65 bits per heavy atom. The van der Waals surface area contributed by atoms with E-state index in [0.717, 1.165) is 31.9 Å². The van der Waals surface area contributed by atoms with Gasteiger partial charge in [0.15, 0.2) is 0 Å². The fourth-order valence-electron chi connectivity index (χ4n) is 3.04. The van der Waals surface area contributed by atoms with Gasteiger partial charge in [0.1, 0.15) is 5.75 Å². The highest BCUT2D eigenvalue weighted by Crippen LogP contribution is 2.26. The van der Waals surface area contributed by atoms with Crippen LogP contribution in [0.4, 0.5) is 5.69 Å². The molecule has 0 amide bonds. The summed E-state index contributed by atoms with van der Waals surface area (Å²) < 4.78 is 5.67. The Morgan fingerprint density at radius 1 is 1.09 bits per heavy atom. The number of para-hydroxylation sites is 1. The van der Waals surface area contributed by atoms with E-state index in [2.05, 4.69) is 46.6 Å². The van der Waals surface area contributed by atoms with Crippen LogP contribution in [-0.4, -0.2) is 25.7 Å². The van der Waals surface area contributed by atoms with Crippen LogP contribution in [0.15, 0.2) is 48.5 Å². The second kappa shape index (κ2) is 7.51. The minimum atomic E-state index is 0.224. The normalized spacial score (nSPS) is 13.4. The van der Waals surface area contributed by atoms with Crippen molar-refractivity contribution in [1.82, 2.24) is 5.32 Å². The van der Waals surface area contributed by atoms with E-state index in [1.54, 1.807) is 0 Å². The van der Waals surface area contributed by atoms with Crippen molar-refractivity contribution in [3.63, 3.8) is 0 Å². The summed E-state index contributed by atoms with van der Waals surface area (Å²) in [5.41, 5.74) is 4.18. The number of anilines is 1. The molecule has 0 saturated carbocycles. The van der Waals surface area contributed by atoms with Crippen LogP contribution in [0, 0.1) is 0 Å². The van der Waals surface area contributed by atoms with Crippen LogP contribution >= 0.6 is 0 Å². The van der Waals surface area contributed by atoms with E-state index in [-0.39, 0.29) is 6.10 Å². The van der Waals surface area contributed by atoms with Gasteiger partial charge in [-0.3, -0.25) is 0 Å². The Hall–Kier alpha value is -2.00. The zero-order valence-electron chi connectivity index (χ0n) is 14.1. The maximum Gasteiger partial charge on any atom is 0.119 e. The van der Waals surface area contributed by atoms with Crippen molar-refractivity contribution in [1.29, 1.82) is 0 Å². The molecule has 122 valence electrons. The Balaban J connectivity index is 1.42. The van der Waals surface area contributed by atoms with Gasteiger partial charge in [-0.1, -0.05) is 30.3 Å². The number of fused-ring (bicyclic) bond motifs is 1. The highest BCUT2D eigenvalue weighted by molar-refractivity contribution is 5.57. The smallest absolute Gasteiger partial charge is 0.119 e. The van der Waals surface area contributed by atoms with Gasteiger partial charge in [-0.05, 0) is 49.6 Å². The molecule has 0 radical (unpaired) electrons. The van der Waals surface area contributed by atoms with Crippen molar-refractivity contribution in [3.8, 4) is 5.75 Å². The van der Waals surface area contributed by atoms with Crippen molar-refractivity contribution in [2.45, 2.75) is 32.9 Å². The molecule has 3 nitrogen and oxygen atoms in total. The van der Waals surface area contributed by atoms with E-state index in [9.17, 15) is 0 Å². The molecule has 3 rings (SSSR count). The van der Waals surface area contributed by atoms with E-state index in [1.807, 2.05) is 26.0 Å². The molecule has 1 heterocycles. The quantitative estimate of drug-likeness (QED) is 0.790. The van der Waals surface area contributed by atoms with Crippen molar-refractivity contribution >= 4 is 5.69 Å². The standard InChI is InChI=1S/C20H26N2O/c1-16(2)23-19-9-7-17(8-10-19)15-21-12-14-22-13-11-18-5-3-4-6-20(18)22/h3-10,16,21H,11-15H2,1-2H3. The first-order valence-electron chi connectivity index (χ1n) is 8.51. The van der Waals surface area contributed by atoms with Crippen LogP contribution < -0.4 is 15.0 Å². The van der Waals surface area contributed by atoms with Gasteiger partial charge in [0.05, 0.1) is 6.10 Å². The number of ether oxygens (including phenoxy) is 1. The Kier molecular flexibility index (Phi) is 5.19. The maximum atomic E-state index is 5.67. The van der Waals surface area contributed by atoms with Gasteiger partial charge in [0, 0.05) is 31.9 Å². The first kappa shape index (κ1) is 15.9. The zero-order valence-corrected chi connectivity index (χ0v) is 14.1. The van der Waals surface area contributed by atoms with Crippen molar-refractivity contribution in [3.05, 3.63) is 59.7 Å². The molecule has 23 heavy (non-hydrogen) atoms. The van der Waals surface area contributed by atoms with Crippen LogP contribution in [0.3, 0.4) is 0 Å². The molecule has 1 N–H and O–H groups in total. The fourth-order valence-corrected chi connectivity index (χ4v) is 3.04. The highest BCUT2D eigenvalue weighted by atomic mass is 16.5. The summed E-state index contributed by atoms with van der Waals surface area (Å²) in [6, 6.07) is 17.1. The molecule has 1 aliphatic rings. The van der Waals surface area contributed by atoms with Crippen molar-refractivity contribution < 1.29 is 4.74 Å². The number of hydrogen-bond donors (Lipinski definition) is 1. The first-order chi connectivity index (χ1) is 11.2. The third-order valence-corrected chi connectivity index (χ3v) is 4.17. The Bertz CT molecular complexity index is 622. The molecule has 3 heteroatoms. The van der Waals surface area contributed by atoms with Gasteiger partial charge < -0.3 is 15.0 Å². The lowest BCUT2D eigenvalue weighted by Crippen LogP contribution is -2.30. The lowest BCUT2D eigenvalue weighted by Gasteiger charge is -2.19. The third kappa shape index (κ3) is 4.26. The number of hydrogen-bond acceptors (Lipinski definition) is 3. The highest BCUT2D eigenvalue weighted by Gasteiger charge is 2.17. The van der Waals surface area contributed by atoms with Gasteiger partial charge in [0.25, 0.3) is 0 Å². The summed E-state index contributed by atoms with van der Waals surface area (Å²) in [5.74, 6) is 0.942. The summed E-state index contributed by atoms with van der Waals surface area (Å²) in [5, 5.41) is 3.54. The molecule has 0 atom stereocenters. The second-order valence-electron chi connectivity index (χ2n) is 6.35. The van der Waals surface area contributed by atoms with Crippen LogP contribution in [0.25, 0.3) is 0 Å². The molecule has 1 aliphatic heterocycles. The van der Waals surface area contributed by atoms with Gasteiger partial charge in [-0.25, -0.2) is 0 Å². The van der Waals surface area contributed by atoms with E-state index in [0.29, 0.717) is 0 Å². The van der Waals surface area contributed by atoms with Crippen LogP contribution in [0.2, 0.25) is 0 Å². The SMILES string of the molecule is CC(C)Oc1ccc(CNCCN2CCc3ccccc32)cc1. The molecule has 0 fully saturated rings. The predicted molar refractivity (Wildman–Crippen MR) is 96.3 cm³/mol. The summed E-state index contributed by atoms with van der Waals surface area (Å²) in [6.45, 7) is 8.20. The summed E-state index contributed by atoms with van der Waals surface area (Å²) in [6.07, 6.45) is 1.40. The van der Waals surface area contributed by atoms with Crippen molar-refractivity contribution in [2.24, 2.45) is 0 Å². The third-order valence-electron chi connectivity index (χ3n) is 4.17. The minimum Gasteiger partial charge on any atom is -0.491 e. The van der Waals surface area contributed by atoms with E-state index < -0.39 is 0 Å². The molecule has 0 aromatic heterocycles. The minimum absolute atomic E-state index is 0.224. The monoisotopic (exact) mass is 310 g/mol. The average molecular weight is 310 g/mol. The maximum absolute atomic E-state index is 5.67. The largest absolute Gasteiger partial charge is 0.491 e. The summed E-state index contributed by atoms with van der Waals surface area (Å²) in [4.78, 5) is 2.47. The van der Waals surface area contributed by atoms with Crippen molar-refractivity contribution in [2.75, 3.05) is 24.5 Å². The lowest BCUT2D eigenvalue weighted by atomic mass is 10.2. The number of rotatable bonds is 7. The number of nitrogens with one attached hydrogen (secondary N) is 1. The molecule has 0 unspecified atom stereocenters. The molecule has 0 spiro atoms. The summed E-state index contributed by atoms with van der Waals surface area (Å²) >= 11 is 0. The molecule has 0 bridgehead atoms. The lowest BCUT2D eigenvalue weighted by molar-refractivity contribution is 0.242. The zero-order chi connectivity index (χ0) is 16.1. The average Bonchev–Trinajstić information content (AvgIpc) is 2.96. The predicted octanol–water partition coefficient (Wildman–Crippen LogP) is 3.63. The molecular weight excluding hydrogens is 284 g/mol. The van der Waals surface area contributed by atoms with Gasteiger partial charge in [0.2, 0.25) is 0 Å². The second-order valence-corrected chi connectivity index (χ2v) is 6.35. The van der Waals surface area contributed by atoms with E-state index in [1.165, 1.54) is 23.2 Å². The first-order valence-corrected chi connectivity index (χ1v) is 8.51. The van der Waals surface area contributed by atoms with Gasteiger partial charge >= 0.3 is 0 Å². The van der Waals surface area contributed by atoms with Crippen LogP contribution in [0.1, 0.15) is 25.0 Å². The fraction of sp³-hybridized carbons (Fsp3) is 0.400. The van der Waals surface area contributed by atoms with Gasteiger partial charge in [-0.15, -0.1) is 0 Å². The molecule has 0 aliphatic carbocycles. The molecule has 0 saturated heterocycles. The Labute approximate surface area is 139 Å². The van der Waals surface area contributed by atoms with Gasteiger partial charge in [-0.2, -0.15) is 0 Å². The topological polar surface area (TPSA) is 24.5 Å². The van der Waals surface area contributed by atoms with E-state index in [4.69, 9.17) is 4.74 Å². The summed E-state index contributed by atoms with van der Waals surface area (Å²) in [7, 11) is 0. The molecule has 2 aromatic carbocycles.